The summed E-state index contributed by atoms with van der Waals surface area (Å²) in [5, 5.41) is 11.2. The van der Waals surface area contributed by atoms with Crippen LogP contribution in [0, 0.1) is 16.7 Å². The zero-order valence-corrected chi connectivity index (χ0v) is 13.0. The summed E-state index contributed by atoms with van der Waals surface area (Å²) < 4.78 is 0. The summed E-state index contributed by atoms with van der Waals surface area (Å²) in [6.45, 7) is 10.9. The number of aliphatic hydroxyl groups is 1. The van der Waals surface area contributed by atoms with Gasteiger partial charge in [-0.25, -0.2) is 0 Å². The monoisotopic (exact) mass is 265 g/mol. The van der Waals surface area contributed by atoms with E-state index in [0.29, 0.717) is 5.41 Å². The molecule has 0 unspecified atom stereocenters. The van der Waals surface area contributed by atoms with Crippen LogP contribution in [0.1, 0.15) is 65.7 Å². The van der Waals surface area contributed by atoms with Gasteiger partial charge in [0.05, 0.1) is 5.60 Å². The third-order valence-corrected chi connectivity index (χ3v) is 7.31. The topological polar surface area (TPSA) is 23.5 Å². The van der Waals surface area contributed by atoms with Crippen molar-refractivity contribution >= 4 is 0 Å². The molecule has 0 aromatic rings. The molecule has 0 aromatic carbocycles. The summed E-state index contributed by atoms with van der Waals surface area (Å²) in [6.07, 6.45) is 8.54. The van der Waals surface area contributed by atoms with Crippen molar-refractivity contribution in [2.24, 2.45) is 16.7 Å². The molecule has 3 fully saturated rings. The number of likely N-dealkylation sites (tertiary alicyclic amines) is 1. The summed E-state index contributed by atoms with van der Waals surface area (Å²) in [5.74, 6) is 0.745. The number of nitrogens with zero attached hydrogens (tertiary/aromatic N) is 1. The molecule has 0 aromatic heterocycles. The Balaban J connectivity index is 1.61. The zero-order chi connectivity index (χ0) is 13.7. The van der Waals surface area contributed by atoms with E-state index in [0.717, 1.165) is 18.8 Å². The van der Waals surface area contributed by atoms with Crippen molar-refractivity contribution in [3.05, 3.63) is 0 Å². The lowest BCUT2D eigenvalue weighted by molar-refractivity contribution is -0.0964. The molecule has 1 aliphatic heterocycles. The summed E-state index contributed by atoms with van der Waals surface area (Å²) in [4.78, 5) is 2.57. The lowest BCUT2D eigenvalue weighted by Crippen LogP contribution is -2.47. The standard InChI is InChI=1S/C17H31NO/c1-15(2)14-7-9-16(15,3)17(19,13-14)8-6-12-18-10-4-5-11-18/h14,19H,4-13H2,1-3H3/t14-,16+,17+/m0/s1. The van der Waals surface area contributed by atoms with E-state index in [1.54, 1.807) is 0 Å². The van der Waals surface area contributed by atoms with Gasteiger partial charge in [0.15, 0.2) is 0 Å². The van der Waals surface area contributed by atoms with E-state index in [4.69, 9.17) is 0 Å². The molecule has 2 bridgehead atoms. The number of hydrogen-bond donors (Lipinski definition) is 1. The molecule has 2 heteroatoms. The minimum atomic E-state index is -0.390. The molecule has 19 heavy (non-hydrogen) atoms. The van der Waals surface area contributed by atoms with Crippen LogP contribution in [0.2, 0.25) is 0 Å². The molecule has 2 nitrogen and oxygen atoms in total. The number of hydrogen-bond acceptors (Lipinski definition) is 2. The maximum absolute atomic E-state index is 11.2. The molecule has 1 N–H and O–H groups in total. The highest BCUT2D eigenvalue weighted by Gasteiger charge is 2.67. The van der Waals surface area contributed by atoms with E-state index in [1.807, 2.05) is 0 Å². The molecule has 3 rings (SSSR count). The Kier molecular flexibility index (Phi) is 3.26. The highest BCUT2D eigenvalue weighted by Crippen LogP contribution is 2.70. The van der Waals surface area contributed by atoms with Crippen LogP contribution < -0.4 is 0 Å². The second-order valence-corrected chi connectivity index (χ2v) is 8.18. The first-order valence-electron chi connectivity index (χ1n) is 8.34. The van der Waals surface area contributed by atoms with Gasteiger partial charge in [0, 0.05) is 5.41 Å². The normalized spacial score (nSPS) is 45.2. The van der Waals surface area contributed by atoms with Gasteiger partial charge in [0.25, 0.3) is 0 Å². The number of fused-ring (bicyclic) bond motifs is 2. The van der Waals surface area contributed by atoms with Gasteiger partial charge in [0.1, 0.15) is 0 Å². The third-order valence-electron chi connectivity index (χ3n) is 7.31. The minimum Gasteiger partial charge on any atom is -0.389 e. The van der Waals surface area contributed by atoms with Gasteiger partial charge in [-0.05, 0) is 75.9 Å². The van der Waals surface area contributed by atoms with Crippen LogP contribution in [0.5, 0.6) is 0 Å². The zero-order valence-electron chi connectivity index (χ0n) is 13.0. The van der Waals surface area contributed by atoms with Gasteiger partial charge in [-0.3, -0.25) is 0 Å². The van der Waals surface area contributed by atoms with E-state index >= 15 is 0 Å². The molecule has 0 amide bonds. The Labute approximate surface area is 118 Å². The van der Waals surface area contributed by atoms with Crippen molar-refractivity contribution in [2.45, 2.75) is 71.3 Å². The van der Waals surface area contributed by atoms with Crippen LogP contribution in [0.4, 0.5) is 0 Å². The van der Waals surface area contributed by atoms with E-state index in [2.05, 4.69) is 25.7 Å². The minimum absolute atomic E-state index is 0.148. The van der Waals surface area contributed by atoms with Crippen molar-refractivity contribution < 1.29 is 5.11 Å². The fourth-order valence-electron chi connectivity index (χ4n) is 5.40. The Morgan fingerprint density at radius 2 is 1.84 bits per heavy atom. The second kappa shape index (κ2) is 4.46. The first-order valence-corrected chi connectivity index (χ1v) is 8.34. The molecule has 2 saturated carbocycles. The molecule has 0 radical (unpaired) electrons. The predicted molar refractivity (Wildman–Crippen MR) is 79.1 cm³/mol. The van der Waals surface area contributed by atoms with Gasteiger partial charge < -0.3 is 10.0 Å². The number of rotatable bonds is 4. The highest BCUT2D eigenvalue weighted by molar-refractivity contribution is 5.17. The van der Waals surface area contributed by atoms with Crippen LogP contribution in [0.15, 0.2) is 0 Å². The summed E-state index contributed by atoms with van der Waals surface area (Å²) in [6, 6.07) is 0. The van der Waals surface area contributed by atoms with Crippen molar-refractivity contribution in [3.63, 3.8) is 0 Å². The van der Waals surface area contributed by atoms with E-state index < -0.39 is 0 Å². The Morgan fingerprint density at radius 3 is 2.37 bits per heavy atom. The maximum atomic E-state index is 11.2. The predicted octanol–water partition coefficient (Wildman–Crippen LogP) is 3.44. The Morgan fingerprint density at radius 1 is 1.16 bits per heavy atom. The molecule has 2 aliphatic carbocycles. The quantitative estimate of drug-likeness (QED) is 0.841. The fourth-order valence-corrected chi connectivity index (χ4v) is 5.40. The molecule has 0 spiro atoms. The van der Waals surface area contributed by atoms with Crippen LogP contribution in [0.3, 0.4) is 0 Å². The fraction of sp³-hybridized carbons (Fsp3) is 1.00. The van der Waals surface area contributed by atoms with E-state index in [1.165, 1.54) is 51.7 Å². The molecule has 110 valence electrons. The average Bonchev–Trinajstić information content (AvgIpc) is 2.95. The second-order valence-electron chi connectivity index (χ2n) is 8.18. The molecular formula is C17H31NO. The first kappa shape index (κ1) is 13.9. The van der Waals surface area contributed by atoms with Crippen LogP contribution in [-0.2, 0) is 0 Å². The summed E-state index contributed by atoms with van der Waals surface area (Å²) in [5.41, 5.74) is 0.0875. The van der Waals surface area contributed by atoms with Gasteiger partial charge in [-0.2, -0.15) is 0 Å². The summed E-state index contributed by atoms with van der Waals surface area (Å²) >= 11 is 0. The van der Waals surface area contributed by atoms with Crippen LogP contribution >= 0.6 is 0 Å². The third kappa shape index (κ3) is 1.90. The lowest BCUT2D eigenvalue weighted by Gasteiger charge is -2.45. The van der Waals surface area contributed by atoms with E-state index in [9.17, 15) is 5.11 Å². The largest absolute Gasteiger partial charge is 0.389 e. The van der Waals surface area contributed by atoms with Crippen molar-refractivity contribution in [2.75, 3.05) is 19.6 Å². The van der Waals surface area contributed by atoms with Crippen LogP contribution in [0.25, 0.3) is 0 Å². The molecule has 1 heterocycles. The smallest absolute Gasteiger partial charge is 0.0709 e. The Bertz CT molecular complexity index is 347. The average molecular weight is 265 g/mol. The van der Waals surface area contributed by atoms with Gasteiger partial charge in [0.2, 0.25) is 0 Å². The van der Waals surface area contributed by atoms with Gasteiger partial charge >= 0.3 is 0 Å². The highest BCUT2D eigenvalue weighted by atomic mass is 16.3. The molecule has 1 saturated heterocycles. The summed E-state index contributed by atoms with van der Waals surface area (Å²) in [7, 11) is 0. The first-order chi connectivity index (χ1) is 8.89. The Hall–Kier alpha value is -0.0800. The van der Waals surface area contributed by atoms with Gasteiger partial charge in [-0.15, -0.1) is 0 Å². The van der Waals surface area contributed by atoms with Crippen molar-refractivity contribution in [3.8, 4) is 0 Å². The maximum Gasteiger partial charge on any atom is 0.0709 e. The van der Waals surface area contributed by atoms with Crippen LogP contribution in [-0.4, -0.2) is 35.2 Å². The van der Waals surface area contributed by atoms with E-state index in [-0.39, 0.29) is 11.0 Å². The molecular weight excluding hydrogens is 234 g/mol. The van der Waals surface area contributed by atoms with Crippen molar-refractivity contribution in [1.82, 2.24) is 4.90 Å². The van der Waals surface area contributed by atoms with Gasteiger partial charge in [-0.1, -0.05) is 20.8 Å². The van der Waals surface area contributed by atoms with Crippen molar-refractivity contribution in [1.29, 1.82) is 0 Å². The molecule has 3 aliphatic rings. The SMILES string of the molecule is CC1(C)[C@H]2CC[C@@]1(C)[C@@](O)(CCCN1CCCC1)C2. The lowest BCUT2D eigenvalue weighted by atomic mass is 9.63. The molecule has 3 atom stereocenters.